The Morgan fingerprint density at radius 2 is 1.76 bits per heavy atom. The second kappa shape index (κ2) is 11.6. The number of amides is 3. The van der Waals surface area contributed by atoms with Crippen LogP contribution in [0.2, 0.25) is 0 Å². The van der Waals surface area contributed by atoms with Crippen LogP contribution in [0, 0.1) is 11.3 Å². The van der Waals surface area contributed by atoms with Crippen LogP contribution < -0.4 is 10.1 Å². The van der Waals surface area contributed by atoms with Gasteiger partial charge in [0, 0.05) is 37.2 Å². The summed E-state index contributed by atoms with van der Waals surface area (Å²) in [6, 6.07) is 21.3. The van der Waals surface area contributed by atoms with Crippen molar-refractivity contribution in [2.24, 2.45) is 0 Å². The minimum absolute atomic E-state index is 0.202. The van der Waals surface area contributed by atoms with Gasteiger partial charge in [-0.15, -0.1) is 0 Å². The van der Waals surface area contributed by atoms with E-state index in [4.69, 9.17) is 4.74 Å². The summed E-state index contributed by atoms with van der Waals surface area (Å²) in [6.45, 7) is 3.30. The van der Waals surface area contributed by atoms with E-state index in [1.165, 1.54) is 16.7 Å². The monoisotopic (exact) mass is 548 g/mol. The lowest BCUT2D eigenvalue weighted by Crippen LogP contribution is -2.49. The molecule has 3 aliphatic rings. The molecule has 3 aliphatic heterocycles. The van der Waals surface area contributed by atoms with E-state index in [0.29, 0.717) is 42.7 Å². The number of imide groups is 1. The van der Waals surface area contributed by atoms with Gasteiger partial charge >= 0.3 is 0 Å². The highest BCUT2D eigenvalue weighted by Crippen LogP contribution is 2.34. The van der Waals surface area contributed by atoms with Gasteiger partial charge < -0.3 is 9.64 Å². The summed E-state index contributed by atoms with van der Waals surface area (Å²) in [5, 5.41) is 11.7. The molecule has 3 aromatic carbocycles. The van der Waals surface area contributed by atoms with Gasteiger partial charge in [0.25, 0.3) is 5.91 Å². The molecule has 0 saturated carbocycles. The number of nitriles is 1. The Morgan fingerprint density at radius 1 is 0.927 bits per heavy atom. The average Bonchev–Trinajstić information content (AvgIpc) is 3.31. The lowest BCUT2D eigenvalue weighted by molar-refractivity contribution is -0.134. The Kier molecular flexibility index (Phi) is 7.53. The van der Waals surface area contributed by atoms with Crippen LogP contribution in [0.1, 0.15) is 69.4 Å². The number of carbonyl (C=O) groups is 3. The number of rotatable bonds is 6. The Labute approximate surface area is 239 Å². The van der Waals surface area contributed by atoms with Crippen LogP contribution in [-0.2, 0) is 42.3 Å². The second-order valence-corrected chi connectivity index (χ2v) is 11.1. The third kappa shape index (κ3) is 5.72. The van der Waals surface area contributed by atoms with Crippen molar-refractivity contribution in [3.63, 3.8) is 0 Å². The molecule has 1 saturated heterocycles. The minimum Gasteiger partial charge on any atom is -0.489 e. The van der Waals surface area contributed by atoms with E-state index in [9.17, 15) is 19.6 Å². The number of fused-ring (bicyclic) bond motifs is 2. The molecule has 6 rings (SSSR count). The van der Waals surface area contributed by atoms with Crippen molar-refractivity contribution in [1.82, 2.24) is 15.1 Å². The van der Waals surface area contributed by atoms with E-state index in [2.05, 4.69) is 46.6 Å². The predicted octanol–water partition coefficient (Wildman–Crippen LogP) is 4.24. The molecule has 1 N–H and O–H groups in total. The predicted molar refractivity (Wildman–Crippen MR) is 151 cm³/mol. The largest absolute Gasteiger partial charge is 0.489 e. The number of hydrogen-bond acceptors (Lipinski definition) is 6. The van der Waals surface area contributed by atoms with Gasteiger partial charge in [-0.05, 0) is 65.8 Å². The Bertz CT molecular complexity index is 1540. The molecular formula is C33H32N4O4. The fourth-order valence-corrected chi connectivity index (χ4v) is 6.03. The average molecular weight is 549 g/mol. The van der Waals surface area contributed by atoms with Crippen LogP contribution in [0.25, 0.3) is 0 Å². The summed E-state index contributed by atoms with van der Waals surface area (Å²) in [5.74, 6) is -0.255. The molecule has 3 aromatic rings. The smallest absolute Gasteiger partial charge is 0.255 e. The highest BCUT2D eigenvalue weighted by atomic mass is 16.5. The van der Waals surface area contributed by atoms with Gasteiger partial charge in [-0.2, -0.15) is 5.26 Å². The molecule has 8 nitrogen and oxygen atoms in total. The van der Waals surface area contributed by atoms with Crippen LogP contribution in [0.5, 0.6) is 5.75 Å². The second-order valence-electron chi connectivity index (χ2n) is 11.1. The zero-order valence-corrected chi connectivity index (χ0v) is 22.9. The maximum atomic E-state index is 13.2. The van der Waals surface area contributed by atoms with E-state index < -0.39 is 11.9 Å². The minimum atomic E-state index is -0.665. The van der Waals surface area contributed by atoms with Gasteiger partial charge in [0.15, 0.2) is 0 Å². The Hall–Kier alpha value is -4.48. The fourth-order valence-electron chi connectivity index (χ4n) is 6.03. The number of ether oxygens (including phenoxy) is 1. The first kappa shape index (κ1) is 26.7. The number of nitrogens with zero attached hydrogens (tertiary/aromatic N) is 3. The SMILES string of the molecule is N#Cc1ccc2c(c1)CN(Cc1ccc(COc3cccc4c3CN([C@@H]3CCCCC(=O)NC3=O)C4=O)cc1)CC2. The number of nitrogens with one attached hydrogen (secondary N) is 1. The molecule has 0 aromatic heterocycles. The molecule has 0 spiro atoms. The third-order valence-corrected chi connectivity index (χ3v) is 8.28. The molecule has 0 radical (unpaired) electrons. The van der Waals surface area contributed by atoms with E-state index in [1.807, 2.05) is 18.2 Å². The standard InChI is InChI=1S/C33H32N4O4/c34-17-24-12-13-25-14-15-36(19-26(25)16-24)18-22-8-10-23(11-9-22)21-41-30-6-3-4-27-28(30)20-37(33(27)40)29-5-1-2-7-31(38)35-32(29)39/h3-4,6,8-13,16,29H,1-2,5,7,14-15,18-21H2,(H,35,38,39)/t29-/m1/s1. The molecule has 41 heavy (non-hydrogen) atoms. The zero-order chi connectivity index (χ0) is 28.3. The Balaban J connectivity index is 1.08. The van der Waals surface area contributed by atoms with Crippen molar-refractivity contribution in [2.45, 2.75) is 64.4 Å². The lowest BCUT2D eigenvalue weighted by Gasteiger charge is -2.29. The van der Waals surface area contributed by atoms with Crippen LogP contribution in [0.15, 0.2) is 60.7 Å². The van der Waals surface area contributed by atoms with Crippen molar-refractivity contribution in [1.29, 1.82) is 5.26 Å². The summed E-state index contributed by atoms with van der Waals surface area (Å²) in [7, 11) is 0. The van der Waals surface area contributed by atoms with E-state index >= 15 is 0 Å². The molecule has 0 bridgehead atoms. The first-order valence-corrected chi connectivity index (χ1v) is 14.2. The molecule has 1 fully saturated rings. The summed E-state index contributed by atoms with van der Waals surface area (Å²) in [4.78, 5) is 41.8. The van der Waals surface area contributed by atoms with Crippen LogP contribution in [-0.4, -0.2) is 40.1 Å². The van der Waals surface area contributed by atoms with E-state index in [0.717, 1.165) is 43.6 Å². The molecule has 3 amide bonds. The van der Waals surface area contributed by atoms with Gasteiger partial charge in [-0.1, -0.05) is 42.8 Å². The van der Waals surface area contributed by atoms with Crippen molar-refractivity contribution in [3.8, 4) is 11.8 Å². The molecule has 0 unspecified atom stereocenters. The maximum absolute atomic E-state index is 13.2. The molecule has 8 heteroatoms. The number of hydrogen-bond donors (Lipinski definition) is 1. The quantitative estimate of drug-likeness (QED) is 0.463. The summed E-state index contributed by atoms with van der Waals surface area (Å²) in [5.41, 5.74) is 6.83. The number of carbonyl (C=O) groups excluding carboxylic acids is 3. The topological polar surface area (TPSA) is 103 Å². The first-order chi connectivity index (χ1) is 20.0. The molecule has 1 atom stereocenters. The third-order valence-electron chi connectivity index (χ3n) is 8.28. The zero-order valence-electron chi connectivity index (χ0n) is 22.9. The molecule has 0 aliphatic carbocycles. The molecular weight excluding hydrogens is 516 g/mol. The van der Waals surface area contributed by atoms with Crippen LogP contribution >= 0.6 is 0 Å². The van der Waals surface area contributed by atoms with Crippen LogP contribution in [0.4, 0.5) is 0 Å². The van der Waals surface area contributed by atoms with Gasteiger partial charge in [-0.3, -0.25) is 24.6 Å². The lowest BCUT2D eigenvalue weighted by atomic mass is 9.97. The fraction of sp³-hybridized carbons (Fsp3) is 0.333. The van der Waals surface area contributed by atoms with E-state index in [1.54, 1.807) is 17.0 Å². The highest BCUT2D eigenvalue weighted by Gasteiger charge is 2.38. The van der Waals surface area contributed by atoms with E-state index in [-0.39, 0.29) is 18.4 Å². The molecule has 3 heterocycles. The van der Waals surface area contributed by atoms with Gasteiger partial charge in [0.1, 0.15) is 18.4 Å². The van der Waals surface area contributed by atoms with Gasteiger partial charge in [-0.25, -0.2) is 0 Å². The van der Waals surface area contributed by atoms with Crippen molar-refractivity contribution >= 4 is 17.7 Å². The highest BCUT2D eigenvalue weighted by molar-refractivity contribution is 6.04. The normalized spacial score (nSPS) is 19.0. The summed E-state index contributed by atoms with van der Waals surface area (Å²) >= 11 is 0. The van der Waals surface area contributed by atoms with Gasteiger partial charge in [0.05, 0.1) is 18.2 Å². The Morgan fingerprint density at radius 3 is 2.59 bits per heavy atom. The van der Waals surface area contributed by atoms with Crippen molar-refractivity contribution in [2.75, 3.05) is 6.54 Å². The first-order valence-electron chi connectivity index (χ1n) is 14.2. The van der Waals surface area contributed by atoms with Crippen molar-refractivity contribution in [3.05, 3.63) is 99.6 Å². The van der Waals surface area contributed by atoms with Crippen molar-refractivity contribution < 1.29 is 19.1 Å². The summed E-state index contributed by atoms with van der Waals surface area (Å²) in [6.07, 6.45) is 3.27. The van der Waals surface area contributed by atoms with Gasteiger partial charge in [0.2, 0.25) is 11.8 Å². The van der Waals surface area contributed by atoms with Crippen LogP contribution in [0.3, 0.4) is 0 Å². The summed E-state index contributed by atoms with van der Waals surface area (Å²) < 4.78 is 6.19. The molecule has 208 valence electrons. The number of benzene rings is 3. The maximum Gasteiger partial charge on any atom is 0.255 e.